The van der Waals surface area contributed by atoms with Gasteiger partial charge in [-0.1, -0.05) is 18.2 Å². The predicted molar refractivity (Wildman–Crippen MR) is 67.1 cm³/mol. The Kier molecular flexibility index (Phi) is 4.99. The van der Waals surface area contributed by atoms with E-state index in [0.717, 1.165) is 5.56 Å². The summed E-state index contributed by atoms with van der Waals surface area (Å²) in [6.07, 6.45) is 2.90. The SMILES string of the molecule is CC(=O)CC(=O)/C=C/c1ccc(OC(C)=O)cc1. The van der Waals surface area contributed by atoms with Gasteiger partial charge in [0.2, 0.25) is 0 Å². The quantitative estimate of drug-likeness (QED) is 0.346. The van der Waals surface area contributed by atoms with Crippen LogP contribution in [0.1, 0.15) is 25.8 Å². The van der Waals surface area contributed by atoms with Gasteiger partial charge in [0.15, 0.2) is 5.78 Å². The van der Waals surface area contributed by atoms with Crippen molar-refractivity contribution in [3.05, 3.63) is 35.9 Å². The van der Waals surface area contributed by atoms with E-state index in [-0.39, 0.29) is 24.0 Å². The zero-order valence-corrected chi connectivity index (χ0v) is 10.3. The molecule has 0 heterocycles. The summed E-state index contributed by atoms with van der Waals surface area (Å²) in [5.74, 6) is -0.314. The summed E-state index contributed by atoms with van der Waals surface area (Å²) >= 11 is 0. The van der Waals surface area contributed by atoms with E-state index in [0.29, 0.717) is 5.75 Å². The Morgan fingerprint density at radius 3 is 2.22 bits per heavy atom. The molecular formula is C14H14O4. The van der Waals surface area contributed by atoms with E-state index in [2.05, 4.69) is 0 Å². The normalized spacial score (nSPS) is 10.3. The van der Waals surface area contributed by atoms with E-state index in [1.165, 1.54) is 19.9 Å². The number of Topliss-reactive ketones (excluding diaryl/α,β-unsaturated/α-hetero) is 1. The summed E-state index contributed by atoms with van der Waals surface area (Å²) < 4.78 is 4.87. The highest BCUT2D eigenvalue weighted by atomic mass is 16.5. The zero-order valence-electron chi connectivity index (χ0n) is 10.3. The second-order valence-electron chi connectivity index (χ2n) is 3.84. The average Bonchev–Trinajstić information content (AvgIpc) is 2.26. The topological polar surface area (TPSA) is 60.4 Å². The van der Waals surface area contributed by atoms with Crippen LogP contribution in [0, 0.1) is 0 Å². The van der Waals surface area contributed by atoms with Crippen molar-refractivity contribution in [1.82, 2.24) is 0 Å². The van der Waals surface area contributed by atoms with Gasteiger partial charge in [-0.25, -0.2) is 0 Å². The lowest BCUT2D eigenvalue weighted by Gasteiger charge is -2.00. The molecular weight excluding hydrogens is 232 g/mol. The van der Waals surface area contributed by atoms with Crippen LogP contribution < -0.4 is 4.74 Å². The van der Waals surface area contributed by atoms with Crippen molar-refractivity contribution >= 4 is 23.6 Å². The first kappa shape index (κ1) is 13.8. The molecule has 94 valence electrons. The van der Waals surface area contributed by atoms with Crippen molar-refractivity contribution in [3.63, 3.8) is 0 Å². The molecule has 1 rings (SSSR count). The number of hydrogen-bond acceptors (Lipinski definition) is 4. The second-order valence-corrected chi connectivity index (χ2v) is 3.84. The maximum Gasteiger partial charge on any atom is 0.308 e. The van der Waals surface area contributed by atoms with Gasteiger partial charge in [-0.15, -0.1) is 0 Å². The monoisotopic (exact) mass is 246 g/mol. The Bertz CT molecular complexity index is 483. The van der Waals surface area contributed by atoms with Gasteiger partial charge in [-0.05, 0) is 30.7 Å². The molecule has 0 N–H and O–H groups in total. The highest BCUT2D eigenvalue weighted by Crippen LogP contribution is 2.13. The molecule has 0 radical (unpaired) electrons. The molecule has 0 aromatic heterocycles. The average molecular weight is 246 g/mol. The largest absolute Gasteiger partial charge is 0.427 e. The number of allylic oxidation sites excluding steroid dienone is 1. The summed E-state index contributed by atoms with van der Waals surface area (Å²) in [5, 5.41) is 0. The zero-order chi connectivity index (χ0) is 13.5. The third kappa shape index (κ3) is 5.21. The smallest absolute Gasteiger partial charge is 0.308 e. The second kappa shape index (κ2) is 6.49. The van der Waals surface area contributed by atoms with Crippen LogP contribution in [0.25, 0.3) is 6.08 Å². The summed E-state index contributed by atoms with van der Waals surface area (Å²) in [6.45, 7) is 2.70. The van der Waals surface area contributed by atoms with Crippen molar-refractivity contribution < 1.29 is 19.1 Å². The van der Waals surface area contributed by atoms with E-state index in [4.69, 9.17) is 4.74 Å². The van der Waals surface area contributed by atoms with Gasteiger partial charge in [-0.2, -0.15) is 0 Å². The van der Waals surface area contributed by atoms with Crippen LogP contribution in [0.15, 0.2) is 30.3 Å². The Morgan fingerprint density at radius 1 is 1.11 bits per heavy atom. The first-order valence-electron chi connectivity index (χ1n) is 5.46. The minimum atomic E-state index is -0.380. The first-order chi connectivity index (χ1) is 8.47. The maximum atomic E-state index is 11.3. The number of ether oxygens (including phenoxy) is 1. The Morgan fingerprint density at radius 2 is 1.72 bits per heavy atom. The molecule has 0 spiro atoms. The number of carbonyl (C=O) groups is 3. The molecule has 0 unspecified atom stereocenters. The molecule has 0 aliphatic heterocycles. The molecule has 0 saturated carbocycles. The Hall–Kier alpha value is -2.23. The number of benzene rings is 1. The van der Waals surface area contributed by atoms with Gasteiger partial charge < -0.3 is 4.74 Å². The fourth-order valence-corrected chi connectivity index (χ4v) is 1.31. The molecule has 4 heteroatoms. The van der Waals surface area contributed by atoms with Crippen molar-refractivity contribution in [2.75, 3.05) is 0 Å². The summed E-state index contributed by atoms with van der Waals surface area (Å²) in [4.78, 5) is 32.7. The number of rotatable bonds is 5. The minimum Gasteiger partial charge on any atom is -0.427 e. The van der Waals surface area contributed by atoms with Crippen molar-refractivity contribution in [3.8, 4) is 5.75 Å². The van der Waals surface area contributed by atoms with E-state index in [9.17, 15) is 14.4 Å². The molecule has 1 aromatic carbocycles. The predicted octanol–water partition coefficient (Wildman–Crippen LogP) is 2.17. The Balaban J connectivity index is 2.63. The van der Waals surface area contributed by atoms with Gasteiger partial charge >= 0.3 is 5.97 Å². The van der Waals surface area contributed by atoms with Gasteiger partial charge in [0.1, 0.15) is 11.5 Å². The summed E-state index contributed by atoms with van der Waals surface area (Å²) in [5.41, 5.74) is 0.794. The van der Waals surface area contributed by atoms with Gasteiger partial charge in [0.05, 0.1) is 6.42 Å². The third-order valence-corrected chi connectivity index (χ3v) is 2.03. The number of carbonyl (C=O) groups excluding carboxylic acids is 3. The number of esters is 1. The van der Waals surface area contributed by atoms with Gasteiger partial charge in [-0.3, -0.25) is 14.4 Å². The molecule has 0 amide bonds. The molecule has 1 aromatic rings. The van der Waals surface area contributed by atoms with Crippen LogP contribution in [0.2, 0.25) is 0 Å². The first-order valence-corrected chi connectivity index (χ1v) is 5.46. The molecule has 18 heavy (non-hydrogen) atoms. The number of ketones is 2. The van der Waals surface area contributed by atoms with Gasteiger partial charge in [0, 0.05) is 6.92 Å². The van der Waals surface area contributed by atoms with Crippen LogP contribution in [-0.2, 0) is 14.4 Å². The minimum absolute atomic E-state index is 0.0813. The van der Waals surface area contributed by atoms with E-state index < -0.39 is 0 Å². The van der Waals surface area contributed by atoms with Crippen LogP contribution in [0.5, 0.6) is 5.75 Å². The van der Waals surface area contributed by atoms with Crippen LogP contribution in [-0.4, -0.2) is 17.5 Å². The standard InChI is InChI=1S/C14H14O4/c1-10(15)9-13(17)6-3-12-4-7-14(8-5-12)18-11(2)16/h3-8H,9H2,1-2H3/b6-3+. The molecule has 0 aliphatic rings. The van der Waals surface area contributed by atoms with Crippen molar-refractivity contribution in [2.24, 2.45) is 0 Å². The van der Waals surface area contributed by atoms with E-state index >= 15 is 0 Å². The summed E-state index contributed by atoms with van der Waals surface area (Å²) in [6, 6.07) is 6.71. The third-order valence-electron chi connectivity index (χ3n) is 2.03. The van der Waals surface area contributed by atoms with Crippen molar-refractivity contribution in [2.45, 2.75) is 20.3 Å². The van der Waals surface area contributed by atoms with E-state index in [1.807, 2.05) is 0 Å². The number of hydrogen-bond donors (Lipinski definition) is 0. The summed E-state index contributed by atoms with van der Waals surface area (Å²) in [7, 11) is 0. The molecule has 0 aliphatic carbocycles. The fraction of sp³-hybridized carbons (Fsp3) is 0.214. The van der Waals surface area contributed by atoms with Crippen molar-refractivity contribution in [1.29, 1.82) is 0 Å². The lowest BCUT2D eigenvalue weighted by atomic mass is 10.1. The molecule has 0 bridgehead atoms. The molecule has 0 atom stereocenters. The highest BCUT2D eigenvalue weighted by Gasteiger charge is 2.01. The fourth-order valence-electron chi connectivity index (χ4n) is 1.31. The van der Waals surface area contributed by atoms with Gasteiger partial charge in [0.25, 0.3) is 0 Å². The molecule has 4 nitrogen and oxygen atoms in total. The Labute approximate surface area is 105 Å². The van der Waals surface area contributed by atoms with Crippen LogP contribution in [0.3, 0.4) is 0 Å². The maximum absolute atomic E-state index is 11.3. The van der Waals surface area contributed by atoms with Crippen LogP contribution in [0.4, 0.5) is 0 Å². The lowest BCUT2D eigenvalue weighted by molar-refractivity contribution is -0.132. The van der Waals surface area contributed by atoms with Crippen LogP contribution >= 0.6 is 0 Å². The highest BCUT2D eigenvalue weighted by molar-refractivity contribution is 6.05. The molecule has 0 saturated heterocycles. The lowest BCUT2D eigenvalue weighted by Crippen LogP contribution is -2.01. The van der Waals surface area contributed by atoms with E-state index in [1.54, 1.807) is 30.3 Å². The molecule has 0 fully saturated rings.